The van der Waals surface area contributed by atoms with Crippen molar-refractivity contribution in [3.05, 3.63) is 53.9 Å². The number of hydrogen-bond acceptors (Lipinski definition) is 5. The van der Waals surface area contributed by atoms with Crippen LogP contribution in [0.4, 0.5) is 4.39 Å². The smallest absolute Gasteiger partial charge is 0.146 e. The molecule has 0 aliphatic rings. The predicted octanol–water partition coefficient (Wildman–Crippen LogP) is 1.96. The molecule has 5 nitrogen and oxygen atoms in total. The van der Waals surface area contributed by atoms with Crippen LogP contribution < -0.4 is 16.0 Å². The van der Waals surface area contributed by atoms with Gasteiger partial charge in [0.1, 0.15) is 11.6 Å². The lowest BCUT2D eigenvalue weighted by Gasteiger charge is -2.17. The van der Waals surface area contributed by atoms with E-state index in [1.165, 1.54) is 18.3 Å². The third-order valence-electron chi connectivity index (χ3n) is 2.67. The molecule has 0 bridgehead atoms. The number of halogens is 1. The molecule has 20 heavy (non-hydrogen) atoms. The van der Waals surface area contributed by atoms with Crippen molar-refractivity contribution < 1.29 is 9.13 Å². The second kappa shape index (κ2) is 6.40. The Hall–Kier alpha value is -2.05. The van der Waals surface area contributed by atoms with Gasteiger partial charge in [-0.2, -0.15) is 0 Å². The first-order valence-electron chi connectivity index (χ1n) is 6.30. The molecule has 2 aromatic heterocycles. The molecular weight excluding hydrogens is 259 g/mol. The first kappa shape index (κ1) is 14.4. The maximum absolute atomic E-state index is 13.8. The molecule has 1 atom stereocenters. The molecule has 0 aliphatic carbocycles. The molecule has 0 saturated carbocycles. The Labute approximate surface area is 117 Å². The number of nitrogens with two attached hydrogens (primary N) is 1. The Kier molecular flexibility index (Phi) is 4.60. The fraction of sp³-hybridized carbons (Fsp3) is 0.286. The molecule has 2 heterocycles. The van der Waals surface area contributed by atoms with Gasteiger partial charge < -0.3 is 4.74 Å². The fourth-order valence-electron chi connectivity index (χ4n) is 1.87. The Morgan fingerprint density at radius 2 is 2.15 bits per heavy atom. The van der Waals surface area contributed by atoms with Crippen molar-refractivity contribution in [3.8, 4) is 5.75 Å². The van der Waals surface area contributed by atoms with Gasteiger partial charge in [0.15, 0.2) is 0 Å². The molecule has 106 valence electrons. The minimum Gasteiger partial charge on any atom is -0.489 e. The lowest BCUT2D eigenvalue weighted by atomic mass is 10.1. The van der Waals surface area contributed by atoms with E-state index in [2.05, 4.69) is 15.4 Å². The Morgan fingerprint density at radius 3 is 2.80 bits per heavy atom. The van der Waals surface area contributed by atoms with Crippen LogP contribution in [0.5, 0.6) is 5.75 Å². The summed E-state index contributed by atoms with van der Waals surface area (Å²) < 4.78 is 19.4. The number of aromatic nitrogens is 2. The number of nitrogens with one attached hydrogen (secondary N) is 1. The first-order chi connectivity index (χ1) is 9.61. The molecule has 6 heteroatoms. The summed E-state index contributed by atoms with van der Waals surface area (Å²) in [6.45, 7) is 3.84. The van der Waals surface area contributed by atoms with Gasteiger partial charge in [-0.3, -0.25) is 15.8 Å². The van der Waals surface area contributed by atoms with E-state index < -0.39 is 11.9 Å². The van der Waals surface area contributed by atoms with Crippen LogP contribution in [-0.4, -0.2) is 16.1 Å². The van der Waals surface area contributed by atoms with E-state index in [0.29, 0.717) is 11.3 Å². The van der Waals surface area contributed by atoms with Crippen molar-refractivity contribution in [2.24, 2.45) is 5.84 Å². The summed E-state index contributed by atoms with van der Waals surface area (Å²) in [6, 6.07) is 4.06. The number of hydrogen-bond donors (Lipinski definition) is 2. The van der Waals surface area contributed by atoms with E-state index in [1.807, 2.05) is 13.8 Å². The van der Waals surface area contributed by atoms with Gasteiger partial charge in [0.25, 0.3) is 0 Å². The molecule has 0 aromatic carbocycles. The molecule has 2 rings (SSSR count). The summed E-state index contributed by atoms with van der Waals surface area (Å²) >= 11 is 0. The quantitative estimate of drug-likeness (QED) is 0.645. The molecule has 0 fully saturated rings. The minimum absolute atomic E-state index is 0.0305. The van der Waals surface area contributed by atoms with Crippen molar-refractivity contribution in [1.29, 1.82) is 0 Å². The molecule has 0 saturated heterocycles. The van der Waals surface area contributed by atoms with E-state index in [9.17, 15) is 4.39 Å². The van der Waals surface area contributed by atoms with Crippen LogP contribution in [0.25, 0.3) is 0 Å². The number of hydrazine groups is 1. The van der Waals surface area contributed by atoms with Crippen LogP contribution in [0, 0.1) is 5.82 Å². The Balaban J connectivity index is 2.35. The zero-order valence-electron chi connectivity index (χ0n) is 11.4. The zero-order chi connectivity index (χ0) is 14.5. The second-order valence-corrected chi connectivity index (χ2v) is 4.59. The normalized spacial score (nSPS) is 12.4. The van der Waals surface area contributed by atoms with Gasteiger partial charge in [-0.1, -0.05) is 0 Å². The third kappa shape index (κ3) is 3.28. The monoisotopic (exact) mass is 276 g/mol. The minimum atomic E-state index is -0.584. The number of ether oxygens (including phenoxy) is 1. The average molecular weight is 276 g/mol. The highest BCUT2D eigenvalue weighted by atomic mass is 19.1. The Morgan fingerprint density at radius 1 is 1.35 bits per heavy atom. The molecule has 0 spiro atoms. The van der Waals surface area contributed by atoms with Crippen molar-refractivity contribution >= 4 is 0 Å². The molecule has 0 aliphatic heterocycles. The summed E-state index contributed by atoms with van der Waals surface area (Å²) in [5.74, 6) is 5.71. The van der Waals surface area contributed by atoms with Crippen molar-refractivity contribution in [2.45, 2.75) is 26.0 Å². The maximum Gasteiger partial charge on any atom is 0.146 e. The summed E-state index contributed by atoms with van der Waals surface area (Å²) in [5, 5.41) is 0. The topological polar surface area (TPSA) is 73.1 Å². The summed E-state index contributed by atoms with van der Waals surface area (Å²) in [5.41, 5.74) is 3.46. The van der Waals surface area contributed by atoms with Crippen LogP contribution in [0.15, 0.2) is 36.8 Å². The number of rotatable bonds is 5. The van der Waals surface area contributed by atoms with Crippen LogP contribution in [0.3, 0.4) is 0 Å². The maximum atomic E-state index is 13.8. The van der Waals surface area contributed by atoms with Crippen LogP contribution in [0.1, 0.15) is 31.1 Å². The highest BCUT2D eigenvalue weighted by molar-refractivity contribution is 5.31. The molecule has 3 N–H and O–H groups in total. The Bertz CT molecular complexity index is 577. The van der Waals surface area contributed by atoms with Gasteiger partial charge >= 0.3 is 0 Å². The highest BCUT2D eigenvalue weighted by Gasteiger charge is 2.18. The standard InChI is InChI=1S/C14H17FN4O/c1-9(2)20-11-6-10(7-17-8-11)13(19-16)14-12(15)4-3-5-18-14/h3-9,13,19H,16H2,1-2H3. The van der Waals surface area contributed by atoms with Crippen LogP contribution in [0.2, 0.25) is 0 Å². The lowest BCUT2D eigenvalue weighted by Crippen LogP contribution is -2.30. The van der Waals surface area contributed by atoms with E-state index in [1.54, 1.807) is 18.5 Å². The molecule has 0 amide bonds. The van der Waals surface area contributed by atoms with Crippen molar-refractivity contribution in [2.75, 3.05) is 0 Å². The molecule has 2 aromatic rings. The van der Waals surface area contributed by atoms with E-state index in [-0.39, 0.29) is 11.8 Å². The van der Waals surface area contributed by atoms with Gasteiger partial charge in [-0.25, -0.2) is 9.82 Å². The largest absolute Gasteiger partial charge is 0.489 e. The fourth-order valence-corrected chi connectivity index (χ4v) is 1.87. The van der Waals surface area contributed by atoms with Gasteiger partial charge in [0.05, 0.1) is 24.0 Å². The first-order valence-corrected chi connectivity index (χ1v) is 6.30. The van der Waals surface area contributed by atoms with E-state index >= 15 is 0 Å². The molecule has 0 radical (unpaired) electrons. The molecular formula is C14H17FN4O. The second-order valence-electron chi connectivity index (χ2n) is 4.59. The number of pyridine rings is 2. The van der Waals surface area contributed by atoms with E-state index in [0.717, 1.165) is 0 Å². The summed E-state index contributed by atoms with van der Waals surface area (Å²) in [6.07, 6.45) is 4.76. The van der Waals surface area contributed by atoms with Gasteiger partial charge in [-0.15, -0.1) is 0 Å². The average Bonchev–Trinajstić information content (AvgIpc) is 2.41. The van der Waals surface area contributed by atoms with Gasteiger partial charge in [0.2, 0.25) is 0 Å². The van der Waals surface area contributed by atoms with Crippen molar-refractivity contribution in [3.63, 3.8) is 0 Å². The van der Waals surface area contributed by atoms with Gasteiger partial charge in [0, 0.05) is 12.4 Å². The predicted molar refractivity (Wildman–Crippen MR) is 73.4 cm³/mol. The van der Waals surface area contributed by atoms with Crippen molar-refractivity contribution in [1.82, 2.24) is 15.4 Å². The summed E-state index contributed by atoms with van der Waals surface area (Å²) in [7, 11) is 0. The van der Waals surface area contributed by atoms with Crippen LogP contribution in [-0.2, 0) is 0 Å². The SMILES string of the molecule is CC(C)Oc1cncc(C(NN)c2ncccc2F)c1. The highest BCUT2D eigenvalue weighted by Crippen LogP contribution is 2.24. The summed E-state index contributed by atoms with van der Waals surface area (Å²) in [4.78, 5) is 8.12. The third-order valence-corrected chi connectivity index (χ3v) is 2.67. The van der Waals surface area contributed by atoms with Crippen LogP contribution >= 0.6 is 0 Å². The van der Waals surface area contributed by atoms with Gasteiger partial charge in [-0.05, 0) is 37.6 Å². The number of nitrogens with zero attached hydrogens (tertiary/aromatic N) is 2. The zero-order valence-corrected chi connectivity index (χ0v) is 11.4. The lowest BCUT2D eigenvalue weighted by molar-refractivity contribution is 0.241. The van der Waals surface area contributed by atoms with E-state index in [4.69, 9.17) is 10.6 Å². The molecule has 1 unspecified atom stereocenters.